The van der Waals surface area contributed by atoms with Crippen molar-refractivity contribution in [3.05, 3.63) is 48.6 Å². The summed E-state index contributed by atoms with van der Waals surface area (Å²) in [4.78, 5) is 38.1. The van der Waals surface area contributed by atoms with Gasteiger partial charge in [-0.25, -0.2) is 0 Å². The van der Waals surface area contributed by atoms with Gasteiger partial charge in [0.1, 0.15) is 13.2 Å². The van der Waals surface area contributed by atoms with Gasteiger partial charge in [-0.15, -0.1) is 0 Å². The van der Waals surface area contributed by atoms with Gasteiger partial charge < -0.3 is 14.2 Å². The summed E-state index contributed by atoms with van der Waals surface area (Å²) in [5.41, 5.74) is 0. The first-order chi connectivity index (χ1) is 35.0. The Hall–Kier alpha value is -2.63. The van der Waals surface area contributed by atoms with E-state index >= 15 is 0 Å². The summed E-state index contributed by atoms with van der Waals surface area (Å²) in [6.07, 6.45) is 74.2. The minimum atomic E-state index is -0.776. The first-order valence-electron chi connectivity index (χ1n) is 31.1. The van der Waals surface area contributed by atoms with E-state index in [0.717, 1.165) is 89.9 Å². The summed E-state index contributed by atoms with van der Waals surface area (Å²) in [7, 11) is 0. The highest BCUT2D eigenvalue weighted by molar-refractivity contribution is 5.71. The minimum absolute atomic E-state index is 0.0749. The highest BCUT2D eigenvalue weighted by atomic mass is 16.6. The summed E-state index contributed by atoms with van der Waals surface area (Å²) in [6, 6.07) is 0. The van der Waals surface area contributed by atoms with E-state index < -0.39 is 6.10 Å². The van der Waals surface area contributed by atoms with Crippen molar-refractivity contribution >= 4 is 17.9 Å². The van der Waals surface area contributed by atoms with E-state index in [-0.39, 0.29) is 31.1 Å². The van der Waals surface area contributed by atoms with E-state index in [1.54, 1.807) is 0 Å². The van der Waals surface area contributed by atoms with Crippen molar-refractivity contribution in [1.82, 2.24) is 0 Å². The lowest BCUT2D eigenvalue weighted by Gasteiger charge is -2.18. The standard InChI is InChI=1S/C65H118O6/c1-4-7-10-13-16-19-22-24-26-27-28-29-30-31-32-33-34-35-36-37-38-39-40-42-43-46-49-52-55-58-64(67)70-61-62(60-69-63(66)57-54-51-48-45-21-18-15-12-9-6-3)71-65(68)59-56-53-50-47-44-41-25-23-20-17-14-11-8-5-2/h14,17,22-25,27-28,62H,4-13,15-16,18-21,26,29-61H2,1-3H3/b17-14-,24-22-,25-23-,28-27-. The molecular formula is C65H118O6. The lowest BCUT2D eigenvalue weighted by Crippen LogP contribution is -2.30. The number of rotatable bonds is 57. The van der Waals surface area contributed by atoms with E-state index in [2.05, 4.69) is 69.4 Å². The maximum absolute atomic E-state index is 12.8. The first kappa shape index (κ1) is 68.4. The third-order valence-electron chi connectivity index (χ3n) is 13.8. The number of carbonyl (C=O) groups excluding carboxylic acids is 3. The van der Waals surface area contributed by atoms with Gasteiger partial charge in [-0.1, -0.05) is 281 Å². The third-order valence-corrected chi connectivity index (χ3v) is 13.8. The average Bonchev–Trinajstić information content (AvgIpc) is 3.37. The predicted octanol–water partition coefficient (Wildman–Crippen LogP) is 21.0. The Morgan fingerprint density at radius 2 is 0.521 bits per heavy atom. The van der Waals surface area contributed by atoms with Gasteiger partial charge >= 0.3 is 17.9 Å². The fraction of sp³-hybridized carbons (Fsp3) is 0.831. The van der Waals surface area contributed by atoms with Gasteiger partial charge in [0.05, 0.1) is 0 Å². The molecule has 0 fully saturated rings. The number of hydrogen-bond donors (Lipinski definition) is 0. The van der Waals surface area contributed by atoms with Crippen LogP contribution < -0.4 is 0 Å². The van der Waals surface area contributed by atoms with Crippen LogP contribution in [0.15, 0.2) is 48.6 Å². The normalized spacial score (nSPS) is 12.3. The summed E-state index contributed by atoms with van der Waals surface area (Å²) in [6.45, 7) is 6.60. The molecule has 0 aromatic carbocycles. The molecule has 0 aromatic heterocycles. The second-order valence-corrected chi connectivity index (χ2v) is 21.0. The molecule has 0 saturated heterocycles. The van der Waals surface area contributed by atoms with Crippen LogP contribution in [0.3, 0.4) is 0 Å². The number of esters is 3. The van der Waals surface area contributed by atoms with Crippen molar-refractivity contribution in [2.45, 2.75) is 335 Å². The molecule has 0 aromatic rings. The van der Waals surface area contributed by atoms with Crippen LogP contribution in [0.2, 0.25) is 0 Å². The quantitative estimate of drug-likeness (QED) is 0.0261. The van der Waals surface area contributed by atoms with Gasteiger partial charge in [0.2, 0.25) is 0 Å². The van der Waals surface area contributed by atoms with Crippen molar-refractivity contribution in [3.8, 4) is 0 Å². The zero-order chi connectivity index (χ0) is 51.4. The van der Waals surface area contributed by atoms with Crippen LogP contribution in [0.4, 0.5) is 0 Å². The van der Waals surface area contributed by atoms with E-state index in [4.69, 9.17) is 14.2 Å². The Morgan fingerprint density at radius 3 is 0.817 bits per heavy atom. The van der Waals surface area contributed by atoms with Crippen molar-refractivity contribution in [3.63, 3.8) is 0 Å². The lowest BCUT2D eigenvalue weighted by atomic mass is 10.0. The first-order valence-corrected chi connectivity index (χ1v) is 31.1. The van der Waals surface area contributed by atoms with Crippen molar-refractivity contribution in [2.75, 3.05) is 13.2 Å². The Kier molecular flexibility index (Phi) is 57.7. The fourth-order valence-electron chi connectivity index (χ4n) is 9.08. The molecule has 0 N–H and O–H groups in total. The van der Waals surface area contributed by atoms with Crippen LogP contribution >= 0.6 is 0 Å². The van der Waals surface area contributed by atoms with Gasteiger partial charge in [-0.3, -0.25) is 14.4 Å². The highest BCUT2D eigenvalue weighted by Crippen LogP contribution is 2.17. The van der Waals surface area contributed by atoms with E-state index in [1.165, 1.54) is 199 Å². The zero-order valence-corrected chi connectivity index (χ0v) is 47.5. The average molecular weight is 996 g/mol. The van der Waals surface area contributed by atoms with Crippen LogP contribution in [-0.4, -0.2) is 37.2 Å². The van der Waals surface area contributed by atoms with Crippen LogP contribution in [0.1, 0.15) is 329 Å². The molecule has 0 amide bonds. The monoisotopic (exact) mass is 995 g/mol. The SMILES string of the molecule is CCCC/C=C\C/C=C\CCCCCCCC(=O)OC(COC(=O)CCCCCCCCCCCC)COC(=O)CCCCCCCCCCCCCCCCCCC/C=C\C/C=C\CCCCCCC. The molecule has 0 bridgehead atoms. The number of allylic oxidation sites excluding steroid dienone is 8. The second kappa shape index (κ2) is 59.9. The molecule has 0 rings (SSSR count). The summed E-state index contributed by atoms with van der Waals surface area (Å²) >= 11 is 0. The topological polar surface area (TPSA) is 78.9 Å². The van der Waals surface area contributed by atoms with Crippen LogP contribution in [0.5, 0.6) is 0 Å². The van der Waals surface area contributed by atoms with Crippen LogP contribution in [0.25, 0.3) is 0 Å². The van der Waals surface area contributed by atoms with Gasteiger partial charge in [0.25, 0.3) is 0 Å². The van der Waals surface area contributed by atoms with Gasteiger partial charge in [-0.2, -0.15) is 0 Å². The second-order valence-electron chi connectivity index (χ2n) is 21.0. The molecule has 0 aliphatic rings. The Morgan fingerprint density at radius 1 is 0.282 bits per heavy atom. The number of hydrogen-bond acceptors (Lipinski definition) is 6. The molecule has 6 heteroatoms. The third kappa shape index (κ3) is 58.1. The fourth-order valence-corrected chi connectivity index (χ4v) is 9.08. The number of unbranched alkanes of at least 4 members (excludes halogenated alkanes) is 38. The zero-order valence-electron chi connectivity index (χ0n) is 47.5. The number of ether oxygens (including phenoxy) is 3. The maximum Gasteiger partial charge on any atom is 0.306 e. The van der Waals surface area contributed by atoms with Crippen LogP contribution in [-0.2, 0) is 28.6 Å². The largest absolute Gasteiger partial charge is 0.462 e. The molecular weight excluding hydrogens is 877 g/mol. The molecule has 0 spiro atoms. The van der Waals surface area contributed by atoms with E-state index in [0.29, 0.717) is 19.3 Å². The minimum Gasteiger partial charge on any atom is -0.462 e. The Bertz CT molecular complexity index is 1230. The summed E-state index contributed by atoms with van der Waals surface area (Å²) in [5, 5.41) is 0. The van der Waals surface area contributed by atoms with Crippen molar-refractivity contribution < 1.29 is 28.6 Å². The van der Waals surface area contributed by atoms with Crippen molar-refractivity contribution in [2.24, 2.45) is 0 Å². The Labute approximate surface area is 441 Å². The smallest absolute Gasteiger partial charge is 0.306 e. The van der Waals surface area contributed by atoms with Gasteiger partial charge in [0, 0.05) is 19.3 Å². The predicted molar refractivity (Wildman–Crippen MR) is 307 cm³/mol. The number of carbonyl (C=O) groups is 3. The lowest BCUT2D eigenvalue weighted by molar-refractivity contribution is -0.167. The molecule has 0 heterocycles. The molecule has 0 aliphatic carbocycles. The molecule has 414 valence electrons. The van der Waals surface area contributed by atoms with Crippen LogP contribution in [0, 0.1) is 0 Å². The van der Waals surface area contributed by atoms with E-state index in [9.17, 15) is 14.4 Å². The molecule has 1 atom stereocenters. The Balaban J connectivity index is 4.11. The summed E-state index contributed by atoms with van der Waals surface area (Å²) < 4.78 is 16.8. The molecule has 6 nitrogen and oxygen atoms in total. The molecule has 0 radical (unpaired) electrons. The maximum atomic E-state index is 12.8. The van der Waals surface area contributed by atoms with Gasteiger partial charge in [-0.05, 0) is 77.0 Å². The highest BCUT2D eigenvalue weighted by Gasteiger charge is 2.19. The molecule has 0 aliphatic heterocycles. The summed E-state index contributed by atoms with van der Waals surface area (Å²) in [5.74, 6) is -0.875. The molecule has 71 heavy (non-hydrogen) atoms. The van der Waals surface area contributed by atoms with Crippen molar-refractivity contribution in [1.29, 1.82) is 0 Å². The van der Waals surface area contributed by atoms with E-state index in [1.807, 2.05) is 0 Å². The van der Waals surface area contributed by atoms with Gasteiger partial charge in [0.15, 0.2) is 6.10 Å². The molecule has 1 unspecified atom stereocenters. The molecule has 0 saturated carbocycles.